The molecule has 0 bridgehead atoms. The van der Waals surface area contributed by atoms with Crippen LogP contribution in [0.4, 0.5) is 0 Å². The highest BCUT2D eigenvalue weighted by molar-refractivity contribution is 7.86. The normalized spacial score (nSPS) is 9.38. The molecule has 0 aromatic carbocycles. The number of carbonyl (C=O) groups is 1. The molecule has 0 aliphatic carbocycles. The third kappa shape index (κ3) is 12.7. The van der Waals surface area contributed by atoms with Crippen molar-refractivity contribution in [2.45, 2.75) is 19.8 Å². The summed E-state index contributed by atoms with van der Waals surface area (Å²) in [7, 11) is -2.00. The molecule has 0 amide bonds. The molecule has 0 rings (SSSR count). The summed E-state index contributed by atoms with van der Waals surface area (Å²) in [5.41, 5.74) is 0. The standard InChI is InChI=1S/C6H12O3S.C4H6O2/c1-3-5-6-10(7,8)9-4-2;1-3-4(5)6-2/h4H,2-3,5-6H2,1H3;3H,1H2,2H3. The predicted octanol–water partition coefficient (Wildman–Crippen LogP) is 1.62. The predicted molar refractivity (Wildman–Crippen MR) is 62.2 cm³/mol. The highest BCUT2D eigenvalue weighted by Crippen LogP contribution is 1.98. The summed E-state index contributed by atoms with van der Waals surface area (Å²) in [6.45, 7) is 8.23. The molecule has 0 aliphatic rings. The molecule has 0 aromatic rings. The van der Waals surface area contributed by atoms with Crippen LogP contribution in [0.1, 0.15) is 19.8 Å². The second-order valence-corrected chi connectivity index (χ2v) is 4.32. The fourth-order valence-corrected chi connectivity index (χ4v) is 1.50. The van der Waals surface area contributed by atoms with Crippen molar-refractivity contribution in [3.8, 4) is 0 Å². The van der Waals surface area contributed by atoms with E-state index in [4.69, 9.17) is 0 Å². The van der Waals surface area contributed by atoms with Crippen molar-refractivity contribution in [2.75, 3.05) is 12.9 Å². The van der Waals surface area contributed by atoms with E-state index >= 15 is 0 Å². The van der Waals surface area contributed by atoms with Gasteiger partial charge in [-0.05, 0) is 6.42 Å². The van der Waals surface area contributed by atoms with Gasteiger partial charge in [-0.1, -0.05) is 26.5 Å². The topological polar surface area (TPSA) is 69.7 Å². The van der Waals surface area contributed by atoms with E-state index in [-0.39, 0.29) is 5.75 Å². The lowest BCUT2D eigenvalue weighted by Gasteiger charge is -1.99. The Bertz CT molecular complexity index is 305. The zero-order valence-corrected chi connectivity index (χ0v) is 10.5. The van der Waals surface area contributed by atoms with Gasteiger partial charge in [-0.15, -0.1) is 0 Å². The average molecular weight is 250 g/mol. The van der Waals surface area contributed by atoms with Gasteiger partial charge in [-0.3, -0.25) is 0 Å². The molecule has 0 heterocycles. The van der Waals surface area contributed by atoms with Gasteiger partial charge in [-0.25, -0.2) is 4.79 Å². The summed E-state index contributed by atoms with van der Waals surface area (Å²) >= 11 is 0. The van der Waals surface area contributed by atoms with Crippen molar-refractivity contribution in [1.29, 1.82) is 0 Å². The number of hydrogen-bond acceptors (Lipinski definition) is 5. The lowest BCUT2D eigenvalue weighted by molar-refractivity contribution is -0.134. The van der Waals surface area contributed by atoms with Crippen LogP contribution in [0.15, 0.2) is 25.5 Å². The largest absolute Gasteiger partial charge is 0.466 e. The van der Waals surface area contributed by atoms with Crippen LogP contribution in [-0.4, -0.2) is 27.2 Å². The van der Waals surface area contributed by atoms with E-state index in [0.717, 1.165) is 18.8 Å². The Kier molecular flexibility index (Phi) is 10.9. The minimum atomic E-state index is -3.31. The number of ether oxygens (including phenoxy) is 1. The maximum Gasteiger partial charge on any atom is 0.329 e. The van der Waals surface area contributed by atoms with E-state index in [2.05, 4.69) is 22.1 Å². The van der Waals surface area contributed by atoms with Crippen LogP contribution in [0.5, 0.6) is 0 Å². The van der Waals surface area contributed by atoms with Crippen molar-refractivity contribution in [2.24, 2.45) is 0 Å². The van der Waals surface area contributed by atoms with Gasteiger partial charge in [-0.2, -0.15) is 8.42 Å². The molecule has 0 saturated carbocycles. The third-order valence-electron chi connectivity index (χ3n) is 1.33. The summed E-state index contributed by atoms with van der Waals surface area (Å²) < 4.78 is 29.8. The van der Waals surface area contributed by atoms with E-state index in [1.165, 1.54) is 7.11 Å². The molecular formula is C10H18O5S. The Balaban J connectivity index is 0. The minimum Gasteiger partial charge on any atom is -0.466 e. The number of unbranched alkanes of at least 4 members (excludes halogenated alkanes) is 1. The average Bonchev–Trinajstić information content (AvgIpc) is 2.26. The zero-order chi connectivity index (χ0) is 13.0. The number of hydrogen-bond donors (Lipinski definition) is 0. The number of methoxy groups -OCH3 is 1. The van der Waals surface area contributed by atoms with Gasteiger partial charge in [0.1, 0.15) is 0 Å². The Labute approximate surface area is 96.9 Å². The van der Waals surface area contributed by atoms with E-state index in [9.17, 15) is 13.2 Å². The maximum absolute atomic E-state index is 10.7. The molecule has 0 unspecified atom stereocenters. The fourth-order valence-electron chi connectivity index (χ4n) is 0.556. The highest BCUT2D eigenvalue weighted by atomic mass is 32.2. The van der Waals surface area contributed by atoms with Gasteiger partial charge in [0.15, 0.2) is 0 Å². The summed E-state index contributed by atoms with van der Waals surface area (Å²) in [6.07, 6.45) is 3.53. The first-order valence-corrected chi connectivity index (χ1v) is 6.23. The van der Waals surface area contributed by atoms with Crippen LogP contribution in [0.25, 0.3) is 0 Å². The van der Waals surface area contributed by atoms with Gasteiger partial charge in [0.2, 0.25) is 0 Å². The second kappa shape index (κ2) is 10.2. The Morgan fingerprint density at radius 3 is 2.19 bits per heavy atom. The van der Waals surface area contributed by atoms with Crippen molar-refractivity contribution in [1.82, 2.24) is 0 Å². The Hall–Kier alpha value is -1.30. The van der Waals surface area contributed by atoms with E-state index in [1.54, 1.807) is 0 Å². The lowest BCUT2D eigenvalue weighted by atomic mass is 10.4. The Morgan fingerprint density at radius 1 is 1.38 bits per heavy atom. The fraction of sp³-hybridized carbons (Fsp3) is 0.500. The first-order valence-electron chi connectivity index (χ1n) is 4.65. The molecule has 0 aliphatic heterocycles. The van der Waals surface area contributed by atoms with Crippen molar-refractivity contribution < 1.29 is 22.1 Å². The van der Waals surface area contributed by atoms with Gasteiger partial charge >= 0.3 is 16.1 Å². The van der Waals surface area contributed by atoms with E-state index in [1.807, 2.05) is 6.92 Å². The Morgan fingerprint density at radius 2 is 1.94 bits per heavy atom. The lowest BCUT2D eigenvalue weighted by Crippen LogP contribution is -2.06. The summed E-state index contributed by atoms with van der Waals surface area (Å²) in [5.74, 6) is -0.315. The van der Waals surface area contributed by atoms with Crippen LogP contribution >= 0.6 is 0 Å². The molecule has 6 heteroatoms. The SMILES string of the molecule is C=CC(=O)OC.C=COS(=O)(=O)CCCC. The summed E-state index contributed by atoms with van der Waals surface area (Å²) in [5, 5.41) is 0. The van der Waals surface area contributed by atoms with Crippen LogP contribution in [0, 0.1) is 0 Å². The first kappa shape index (κ1) is 17.1. The molecule has 0 atom stereocenters. The van der Waals surface area contributed by atoms with Crippen LogP contribution in [0.2, 0.25) is 0 Å². The van der Waals surface area contributed by atoms with Gasteiger partial charge < -0.3 is 8.92 Å². The van der Waals surface area contributed by atoms with Crippen molar-refractivity contribution in [3.05, 3.63) is 25.5 Å². The van der Waals surface area contributed by atoms with Crippen molar-refractivity contribution in [3.63, 3.8) is 0 Å². The molecule has 0 saturated heterocycles. The number of carbonyl (C=O) groups excluding carboxylic acids is 1. The van der Waals surface area contributed by atoms with E-state index in [0.29, 0.717) is 6.42 Å². The molecular weight excluding hydrogens is 232 g/mol. The maximum atomic E-state index is 10.7. The van der Waals surface area contributed by atoms with Gasteiger partial charge in [0.25, 0.3) is 0 Å². The monoisotopic (exact) mass is 250 g/mol. The van der Waals surface area contributed by atoms with Gasteiger partial charge in [0, 0.05) is 6.08 Å². The molecule has 5 nitrogen and oxygen atoms in total. The number of esters is 1. The highest BCUT2D eigenvalue weighted by Gasteiger charge is 2.06. The molecule has 0 N–H and O–H groups in total. The summed E-state index contributed by atoms with van der Waals surface area (Å²) in [4.78, 5) is 9.84. The zero-order valence-electron chi connectivity index (χ0n) is 9.64. The number of rotatable bonds is 6. The summed E-state index contributed by atoms with van der Waals surface area (Å²) in [6, 6.07) is 0. The van der Waals surface area contributed by atoms with Crippen molar-refractivity contribution >= 4 is 16.1 Å². The van der Waals surface area contributed by atoms with Crippen LogP contribution in [0.3, 0.4) is 0 Å². The molecule has 16 heavy (non-hydrogen) atoms. The molecule has 0 fully saturated rings. The third-order valence-corrected chi connectivity index (χ3v) is 2.55. The molecule has 0 spiro atoms. The minimum absolute atomic E-state index is 0.0789. The molecule has 94 valence electrons. The second-order valence-electron chi connectivity index (χ2n) is 2.61. The van der Waals surface area contributed by atoms with E-state index < -0.39 is 16.1 Å². The smallest absolute Gasteiger partial charge is 0.329 e. The first-order chi connectivity index (χ1) is 7.43. The molecule has 0 radical (unpaired) electrons. The van der Waals surface area contributed by atoms with Crippen LogP contribution in [-0.2, 0) is 23.8 Å². The van der Waals surface area contributed by atoms with Crippen LogP contribution < -0.4 is 0 Å². The molecule has 0 aromatic heterocycles. The van der Waals surface area contributed by atoms with Gasteiger partial charge in [0.05, 0.1) is 19.1 Å². The quantitative estimate of drug-likeness (QED) is 0.310.